The topological polar surface area (TPSA) is 66.8 Å². The minimum absolute atomic E-state index is 0.0307. The standard InChI is InChI=1S/C20H20O4/c1-20(2)18(23)12-15-17(22)11-9-14(19(15)24-20)16(21)10-8-13-6-4-3-5-7-13/h3-11,18,22-23H,12H2,1-2H3/b10-8+/t18-/m0/s1. The van der Waals surface area contributed by atoms with Gasteiger partial charge >= 0.3 is 0 Å². The van der Waals surface area contributed by atoms with Gasteiger partial charge in [0, 0.05) is 12.0 Å². The minimum atomic E-state index is -0.820. The molecule has 3 rings (SSSR count). The average Bonchev–Trinajstić information content (AvgIpc) is 2.55. The molecule has 2 aromatic carbocycles. The van der Waals surface area contributed by atoms with Crippen molar-refractivity contribution in [3.63, 3.8) is 0 Å². The Balaban J connectivity index is 1.96. The number of hydrogen-bond donors (Lipinski definition) is 2. The summed E-state index contributed by atoms with van der Waals surface area (Å²) in [5, 5.41) is 20.2. The lowest BCUT2D eigenvalue weighted by Gasteiger charge is -2.37. The van der Waals surface area contributed by atoms with Crippen LogP contribution in [0.2, 0.25) is 0 Å². The average molecular weight is 324 g/mol. The van der Waals surface area contributed by atoms with Gasteiger partial charge < -0.3 is 14.9 Å². The van der Waals surface area contributed by atoms with Gasteiger partial charge in [-0.3, -0.25) is 4.79 Å². The van der Waals surface area contributed by atoms with E-state index < -0.39 is 11.7 Å². The molecule has 0 spiro atoms. The van der Waals surface area contributed by atoms with Crippen LogP contribution in [0.4, 0.5) is 0 Å². The molecule has 0 fully saturated rings. The van der Waals surface area contributed by atoms with Gasteiger partial charge in [-0.1, -0.05) is 36.4 Å². The SMILES string of the molecule is CC1(C)Oc2c(C(=O)/C=C/c3ccccc3)ccc(O)c2C[C@@H]1O. The largest absolute Gasteiger partial charge is 0.508 e. The number of benzene rings is 2. The second kappa shape index (κ2) is 6.13. The number of rotatable bonds is 3. The lowest BCUT2D eigenvalue weighted by Crippen LogP contribution is -2.46. The van der Waals surface area contributed by atoms with Gasteiger partial charge in [-0.15, -0.1) is 0 Å². The first-order chi connectivity index (χ1) is 11.4. The Hall–Kier alpha value is -2.59. The highest BCUT2D eigenvalue weighted by atomic mass is 16.5. The number of aromatic hydroxyl groups is 1. The summed E-state index contributed by atoms with van der Waals surface area (Å²) in [5.74, 6) is 0.179. The Morgan fingerprint density at radius 1 is 1.21 bits per heavy atom. The third kappa shape index (κ3) is 3.05. The lowest BCUT2D eigenvalue weighted by atomic mass is 9.88. The van der Waals surface area contributed by atoms with Crippen molar-refractivity contribution in [1.82, 2.24) is 0 Å². The van der Waals surface area contributed by atoms with E-state index in [1.165, 1.54) is 12.1 Å². The van der Waals surface area contributed by atoms with Gasteiger partial charge in [0.25, 0.3) is 0 Å². The maximum atomic E-state index is 12.6. The molecule has 1 aliphatic rings. The van der Waals surface area contributed by atoms with Crippen LogP contribution in [0.25, 0.3) is 6.08 Å². The molecule has 0 saturated heterocycles. The minimum Gasteiger partial charge on any atom is -0.508 e. The normalized spacial score (nSPS) is 18.9. The van der Waals surface area contributed by atoms with E-state index in [1.54, 1.807) is 26.0 Å². The van der Waals surface area contributed by atoms with Crippen LogP contribution >= 0.6 is 0 Å². The Morgan fingerprint density at radius 3 is 2.62 bits per heavy atom. The van der Waals surface area contributed by atoms with Crippen LogP contribution in [0.3, 0.4) is 0 Å². The van der Waals surface area contributed by atoms with E-state index in [0.29, 0.717) is 16.9 Å². The summed E-state index contributed by atoms with van der Waals surface area (Å²) in [6.07, 6.45) is 2.73. The van der Waals surface area contributed by atoms with E-state index in [1.807, 2.05) is 30.3 Å². The van der Waals surface area contributed by atoms with Crippen molar-refractivity contribution >= 4 is 11.9 Å². The van der Waals surface area contributed by atoms with Crippen LogP contribution in [0.1, 0.15) is 35.3 Å². The molecule has 4 heteroatoms. The van der Waals surface area contributed by atoms with Crippen molar-refractivity contribution in [3.05, 3.63) is 65.2 Å². The Bertz CT molecular complexity index is 791. The zero-order valence-corrected chi connectivity index (χ0v) is 13.7. The number of carbonyl (C=O) groups is 1. The predicted octanol–water partition coefficient (Wildman–Crippen LogP) is 3.36. The highest BCUT2D eigenvalue weighted by Gasteiger charge is 2.38. The molecule has 0 aromatic heterocycles. The number of hydrogen-bond acceptors (Lipinski definition) is 4. The quantitative estimate of drug-likeness (QED) is 0.671. The second-order valence-corrected chi connectivity index (χ2v) is 6.47. The zero-order valence-electron chi connectivity index (χ0n) is 13.7. The third-order valence-corrected chi connectivity index (χ3v) is 4.29. The van der Waals surface area contributed by atoms with Crippen LogP contribution in [-0.2, 0) is 6.42 Å². The summed E-state index contributed by atoms with van der Waals surface area (Å²) in [7, 11) is 0. The summed E-state index contributed by atoms with van der Waals surface area (Å²) in [4.78, 5) is 12.6. The van der Waals surface area contributed by atoms with Crippen molar-refractivity contribution in [2.45, 2.75) is 32.0 Å². The van der Waals surface area contributed by atoms with Gasteiger partial charge in [0.05, 0.1) is 11.7 Å². The number of ketones is 1. The smallest absolute Gasteiger partial charge is 0.189 e. The molecule has 2 N–H and O–H groups in total. The molecular formula is C20H20O4. The van der Waals surface area contributed by atoms with E-state index in [0.717, 1.165) is 5.56 Å². The summed E-state index contributed by atoms with van der Waals surface area (Å²) in [5.41, 5.74) is 0.963. The van der Waals surface area contributed by atoms with Crippen LogP contribution in [-0.4, -0.2) is 27.7 Å². The van der Waals surface area contributed by atoms with Crippen molar-refractivity contribution < 1.29 is 19.7 Å². The first-order valence-corrected chi connectivity index (χ1v) is 7.88. The molecule has 124 valence electrons. The number of phenolic OH excluding ortho intramolecular Hbond substituents is 1. The summed E-state index contributed by atoms with van der Waals surface area (Å²) >= 11 is 0. The van der Waals surface area contributed by atoms with Gasteiger partial charge in [0.2, 0.25) is 0 Å². The highest BCUT2D eigenvalue weighted by molar-refractivity contribution is 6.09. The molecule has 1 heterocycles. The maximum Gasteiger partial charge on any atom is 0.189 e. The first kappa shape index (κ1) is 16.3. The molecule has 2 aromatic rings. The molecule has 0 radical (unpaired) electrons. The van der Waals surface area contributed by atoms with Gasteiger partial charge in [0.1, 0.15) is 17.1 Å². The number of phenols is 1. The zero-order chi connectivity index (χ0) is 17.3. The molecule has 0 unspecified atom stereocenters. The molecule has 0 aliphatic carbocycles. The van der Waals surface area contributed by atoms with E-state index in [-0.39, 0.29) is 18.0 Å². The summed E-state index contributed by atoms with van der Waals surface area (Å²) < 4.78 is 5.85. The molecule has 0 amide bonds. The fourth-order valence-corrected chi connectivity index (χ4v) is 2.72. The van der Waals surface area contributed by atoms with Crippen LogP contribution in [0.15, 0.2) is 48.5 Å². The Labute approximate surface area is 141 Å². The molecule has 1 aliphatic heterocycles. The first-order valence-electron chi connectivity index (χ1n) is 7.88. The van der Waals surface area contributed by atoms with Gasteiger partial charge in [-0.05, 0) is 37.6 Å². The molecule has 0 saturated carbocycles. The number of allylic oxidation sites excluding steroid dienone is 1. The fraction of sp³-hybridized carbons (Fsp3) is 0.250. The fourth-order valence-electron chi connectivity index (χ4n) is 2.72. The van der Waals surface area contributed by atoms with Gasteiger partial charge in [-0.25, -0.2) is 0 Å². The molecule has 24 heavy (non-hydrogen) atoms. The predicted molar refractivity (Wildman–Crippen MR) is 92.3 cm³/mol. The van der Waals surface area contributed by atoms with Crippen molar-refractivity contribution in [2.24, 2.45) is 0 Å². The van der Waals surface area contributed by atoms with Crippen molar-refractivity contribution in [2.75, 3.05) is 0 Å². The second-order valence-electron chi connectivity index (χ2n) is 6.47. The number of carbonyl (C=O) groups excluding carboxylic acids is 1. The maximum absolute atomic E-state index is 12.6. The van der Waals surface area contributed by atoms with E-state index in [9.17, 15) is 15.0 Å². The van der Waals surface area contributed by atoms with Gasteiger partial charge in [-0.2, -0.15) is 0 Å². The van der Waals surface area contributed by atoms with Crippen molar-refractivity contribution in [1.29, 1.82) is 0 Å². The monoisotopic (exact) mass is 324 g/mol. The molecule has 1 atom stereocenters. The summed E-state index contributed by atoms with van der Waals surface area (Å²) in [6.45, 7) is 3.53. The van der Waals surface area contributed by atoms with E-state index in [4.69, 9.17) is 4.74 Å². The lowest BCUT2D eigenvalue weighted by molar-refractivity contribution is -0.0420. The van der Waals surface area contributed by atoms with Crippen LogP contribution in [0, 0.1) is 0 Å². The van der Waals surface area contributed by atoms with Crippen molar-refractivity contribution in [3.8, 4) is 11.5 Å². The number of aliphatic hydroxyl groups is 1. The summed E-state index contributed by atoms with van der Waals surface area (Å²) in [6, 6.07) is 12.6. The van der Waals surface area contributed by atoms with E-state index >= 15 is 0 Å². The Morgan fingerprint density at radius 2 is 1.92 bits per heavy atom. The van der Waals surface area contributed by atoms with Crippen LogP contribution < -0.4 is 4.74 Å². The molecule has 4 nitrogen and oxygen atoms in total. The van der Waals surface area contributed by atoms with Gasteiger partial charge in [0.15, 0.2) is 5.78 Å². The number of ether oxygens (including phenoxy) is 1. The number of aliphatic hydroxyl groups excluding tert-OH is 1. The highest BCUT2D eigenvalue weighted by Crippen LogP contribution is 2.40. The van der Waals surface area contributed by atoms with E-state index in [2.05, 4.69) is 0 Å². The van der Waals surface area contributed by atoms with Crippen LogP contribution in [0.5, 0.6) is 11.5 Å². The Kier molecular flexibility index (Phi) is 4.16. The molecule has 0 bridgehead atoms. The third-order valence-electron chi connectivity index (χ3n) is 4.29. The molecular weight excluding hydrogens is 304 g/mol. The number of fused-ring (bicyclic) bond motifs is 1.